The summed E-state index contributed by atoms with van der Waals surface area (Å²) < 4.78 is 5.29. The minimum absolute atomic E-state index is 0.316. The summed E-state index contributed by atoms with van der Waals surface area (Å²) in [7, 11) is 1.71. The van der Waals surface area contributed by atoms with Crippen LogP contribution in [0.15, 0.2) is 29.3 Å². The summed E-state index contributed by atoms with van der Waals surface area (Å²) in [5.74, 6) is 3.18. The SMILES string of the molecule is CCNC(=NCCN1CCN(C(=O)C2CCC2)CC1)N1CCC(c2ccc(OC)cc2)C1. The van der Waals surface area contributed by atoms with Crippen molar-refractivity contribution in [1.82, 2.24) is 20.0 Å². The second-order valence-corrected chi connectivity index (χ2v) is 9.24. The van der Waals surface area contributed by atoms with Gasteiger partial charge in [-0.15, -0.1) is 0 Å². The first kappa shape index (κ1) is 22.9. The van der Waals surface area contributed by atoms with Gasteiger partial charge in [0, 0.05) is 64.2 Å². The van der Waals surface area contributed by atoms with E-state index in [0.717, 1.165) is 89.9 Å². The number of likely N-dealkylation sites (tertiary alicyclic amines) is 1. The molecule has 176 valence electrons. The standard InChI is InChI=1S/C25H39N5O2/c1-3-26-25(30-13-11-22(19-30)20-7-9-23(32-2)10-8-20)27-12-14-28-15-17-29(18-16-28)24(31)21-5-4-6-21/h7-10,21-22H,3-6,11-19H2,1-2H3,(H,26,27). The number of carbonyl (C=O) groups is 1. The Hall–Kier alpha value is -2.28. The van der Waals surface area contributed by atoms with Gasteiger partial charge in [0.2, 0.25) is 5.91 Å². The van der Waals surface area contributed by atoms with Gasteiger partial charge in [-0.3, -0.25) is 14.7 Å². The van der Waals surface area contributed by atoms with Gasteiger partial charge in [0.25, 0.3) is 0 Å². The van der Waals surface area contributed by atoms with Gasteiger partial charge in [0.1, 0.15) is 5.75 Å². The topological polar surface area (TPSA) is 60.4 Å². The number of aliphatic imine (C=N–C) groups is 1. The van der Waals surface area contributed by atoms with Crippen molar-refractivity contribution in [2.24, 2.45) is 10.9 Å². The van der Waals surface area contributed by atoms with Crippen LogP contribution in [0.3, 0.4) is 0 Å². The first-order valence-electron chi connectivity index (χ1n) is 12.4. The van der Waals surface area contributed by atoms with Crippen LogP contribution in [0.1, 0.15) is 44.1 Å². The molecule has 0 bridgehead atoms. The third kappa shape index (κ3) is 5.55. The molecule has 7 nitrogen and oxygen atoms in total. The quantitative estimate of drug-likeness (QED) is 0.520. The Morgan fingerprint density at radius 1 is 1.06 bits per heavy atom. The smallest absolute Gasteiger partial charge is 0.225 e. The molecule has 7 heteroatoms. The predicted molar refractivity (Wildman–Crippen MR) is 128 cm³/mol. The highest BCUT2D eigenvalue weighted by atomic mass is 16.5. The molecule has 1 aromatic rings. The highest BCUT2D eigenvalue weighted by Gasteiger charge is 2.31. The zero-order chi connectivity index (χ0) is 22.3. The molecule has 1 atom stereocenters. The van der Waals surface area contributed by atoms with E-state index in [0.29, 0.717) is 17.7 Å². The van der Waals surface area contributed by atoms with Gasteiger partial charge in [-0.2, -0.15) is 0 Å². The summed E-state index contributed by atoms with van der Waals surface area (Å²) in [4.78, 5) is 24.3. The van der Waals surface area contributed by atoms with Gasteiger partial charge in [-0.25, -0.2) is 0 Å². The highest BCUT2D eigenvalue weighted by Crippen LogP contribution is 2.29. The van der Waals surface area contributed by atoms with Crippen molar-refractivity contribution < 1.29 is 9.53 Å². The molecule has 1 aromatic carbocycles. The third-order valence-corrected chi connectivity index (χ3v) is 7.23. The molecule has 4 rings (SSSR count). The predicted octanol–water partition coefficient (Wildman–Crippen LogP) is 2.39. The molecule has 1 N–H and O–H groups in total. The van der Waals surface area contributed by atoms with Crippen LogP contribution in [-0.4, -0.2) is 92.6 Å². The van der Waals surface area contributed by atoms with Gasteiger partial charge in [0.05, 0.1) is 13.7 Å². The Bertz CT molecular complexity index is 769. The first-order valence-corrected chi connectivity index (χ1v) is 12.4. The van der Waals surface area contributed by atoms with Crippen LogP contribution in [-0.2, 0) is 4.79 Å². The molecule has 0 spiro atoms. The van der Waals surface area contributed by atoms with E-state index in [9.17, 15) is 4.79 Å². The van der Waals surface area contributed by atoms with E-state index in [4.69, 9.17) is 9.73 Å². The van der Waals surface area contributed by atoms with Crippen molar-refractivity contribution >= 4 is 11.9 Å². The molecule has 0 radical (unpaired) electrons. The average molecular weight is 442 g/mol. The van der Waals surface area contributed by atoms with E-state index in [1.165, 1.54) is 12.0 Å². The van der Waals surface area contributed by atoms with Gasteiger partial charge in [-0.05, 0) is 43.9 Å². The second kappa shape index (κ2) is 11.0. The Morgan fingerprint density at radius 3 is 2.44 bits per heavy atom. The second-order valence-electron chi connectivity index (χ2n) is 9.24. The number of hydrogen-bond donors (Lipinski definition) is 1. The Kier molecular flexibility index (Phi) is 7.90. The van der Waals surface area contributed by atoms with Crippen LogP contribution >= 0.6 is 0 Å². The number of guanidine groups is 1. The van der Waals surface area contributed by atoms with Crippen LogP contribution in [0.5, 0.6) is 5.75 Å². The Balaban J connectivity index is 1.24. The van der Waals surface area contributed by atoms with E-state index in [2.05, 4.69) is 51.2 Å². The zero-order valence-corrected chi connectivity index (χ0v) is 19.8. The van der Waals surface area contributed by atoms with Crippen molar-refractivity contribution in [3.05, 3.63) is 29.8 Å². The summed E-state index contributed by atoms with van der Waals surface area (Å²) in [6, 6.07) is 8.48. The summed E-state index contributed by atoms with van der Waals surface area (Å²) in [5.41, 5.74) is 1.37. The van der Waals surface area contributed by atoms with E-state index < -0.39 is 0 Å². The fourth-order valence-electron chi connectivity index (χ4n) is 4.93. The Morgan fingerprint density at radius 2 is 1.81 bits per heavy atom. The van der Waals surface area contributed by atoms with Gasteiger partial charge >= 0.3 is 0 Å². The number of methoxy groups -OCH3 is 1. The van der Waals surface area contributed by atoms with Crippen LogP contribution < -0.4 is 10.1 Å². The summed E-state index contributed by atoms with van der Waals surface area (Å²) in [6.07, 6.45) is 4.56. The number of nitrogens with zero attached hydrogens (tertiary/aromatic N) is 4. The molecule has 1 aliphatic carbocycles. The molecule has 2 heterocycles. The lowest BCUT2D eigenvalue weighted by Gasteiger charge is -2.38. The van der Waals surface area contributed by atoms with Crippen LogP contribution in [0.4, 0.5) is 0 Å². The molecule has 3 fully saturated rings. The lowest BCUT2D eigenvalue weighted by molar-refractivity contribution is -0.139. The molecular weight excluding hydrogens is 402 g/mol. The lowest BCUT2D eigenvalue weighted by atomic mass is 9.84. The van der Waals surface area contributed by atoms with E-state index in [1.807, 2.05) is 0 Å². The van der Waals surface area contributed by atoms with E-state index in [-0.39, 0.29) is 0 Å². The summed E-state index contributed by atoms with van der Waals surface area (Å²) in [6.45, 7) is 10.5. The lowest BCUT2D eigenvalue weighted by Crippen LogP contribution is -2.51. The van der Waals surface area contributed by atoms with Crippen molar-refractivity contribution in [2.45, 2.75) is 38.5 Å². The number of benzene rings is 1. The normalized spacial score (nSPS) is 22.7. The monoisotopic (exact) mass is 441 g/mol. The van der Waals surface area contributed by atoms with Crippen LogP contribution in [0, 0.1) is 5.92 Å². The average Bonchev–Trinajstić information content (AvgIpc) is 3.28. The molecule has 0 aromatic heterocycles. The summed E-state index contributed by atoms with van der Waals surface area (Å²) >= 11 is 0. The largest absolute Gasteiger partial charge is 0.497 e. The Labute approximate surface area is 192 Å². The van der Waals surface area contributed by atoms with Gasteiger partial charge in [0.15, 0.2) is 5.96 Å². The van der Waals surface area contributed by atoms with E-state index in [1.54, 1.807) is 7.11 Å². The van der Waals surface area contributed by atoms with Gasteiger partial charge in [-0.1, -0.05) is 18.6 Å². The van der Waals surface area contributed by atoms with Crippen LogP contribution in [0.2, 0.25) is 0 Å². The number of nitrogens with one attached hydrogen (secondary N) is 1. The number of ether oxygens (including phenoxy) is 1. The first-order chi connectivity index (χ1) is 15.7. The van der Waals surface area contributed by atoms with Crippen LogP contribution in [0.25, 0.3) is 0 Å². The van der Waals surface area contributed by atoms with Crippen molar-refractivity contribution in [3.8, 4) is 5.75 Å². The molecular formula is C25H39N5O2. The highest BCUT2D eigenvalue weighted by molar-refractivity contribution is 5.80. The molecule has 2 aliphatic heterocycles. The van der Waals surface area contributed by atoms with Crippen molar-refractivity contribution in [2.75, 3.05) is 66.0 Å². The maximum atomic E-state index is 12.4. The number of carbonyl (C=O) groups excluding carboxylic acids is 1. The maximum Gasteiger partial charge on any atom is 0.225 e. The molecule has 1 saturated carbocycles. The van der Waals surface area contributed by atoms with Gasteiger partial charge < -0.3 is 19.9 Å². The fraction of sp³-hybridized carbons (Fsp3) is 0.680. The van der Waals surface area contributed by atoms with Crippen molar-refractivity contribution in [3.63, 3.8) is 0 Å². The van der Waals surface area contributed by atoms with E-state index >= 15 is 0 Å². The van der Waals surface area contributed by atoms with Crippen molar-refractivity contribution in [1.29, 1.82) is 0 Å². The summed E-state index contributed by atoms with van der Waals surface area (Å²) in [5, 5.41) is 3.48. The molecule has 1 unspecified atom stereocenters. The maximum absolute atomic E-state index is 12.4. The number of hydrogen-bond acceptors (Lipinski definition) is 4. The fourth-order valence-corrected chi connectivity index (χ4v) is 4.93. The third-order valence-electron chi connectivity index (χ3n) is 7.23. The minimum atomic E-state index is 0.316. The number of amides is 1. The molecule has 2 saturated heterocycles. The molecule has 1 amide bonds. The minimum Gasteiger partial charge on any atom is -0.497 e. The number of piperazine rings is 1. The number of rotatable bonds is 7. The zero-order valence-electron chi connectivity index (χ0n) is 19.8. The molecule has 32 heavy (non-hydrogen) atoms. The molecule has 3 aliphatic rings.